The fourth-order valence-electron chi connectivity index (χ4n) is 4.84. The Morgan fingerprint density at radius 3 is 2.17 bits per heavy atom. The highest BCUT2D eigenvalue weighted by molar-refractivity contribution is 7.99. The van der Waals surface area contributed by atoms with Crippen molar-refractivity contribution in [1.82, 2.24) is 15.0 Å². The van der Waals surface area contributed by atoms with Gasteiger partial charge in [0.2, 0.25) is 17.2 Å². The first-order valence-electron chi connectivity index (χ1n) is 14.6. The molecule has 0 aliphatic rings. The summed E-state index contributed by atoms with van der Waals surface area (Å²) in [5.41, 5.74) is 4.73. The molecule has 0 radical (unpaired) electrons. The number of nitrogens with one attached hydrogen (secondary N) is 1. The maximum Gasteiger partial charge on any atom is 0.296 e. The monoisotopic (exact) mass is 826 g/mol. The van der Waals surface area contributed by atoms with E-state index in [0.717, 1.165) is 23.9 Å². The van der Waals surface area contributed by atoms with E-state index in [0.29, 0.717) is 30.2 Å². The van der Waals surface area contributed by atoms with Gasteiger partial charge in [-0.05, 0) is 59.5 Å². The number of rotatable bonds is 14. The van der Waals surface area contributed by atoms with Crippen molar-refractivity contribution in [3.05, 3.63) is 72.0 Å². The number of nitrogens with zero attached hydrogens (tertiary/aromatic N) is 6. The first kappa shape index (κ1) is 39.5. The zero-order valence-electron chi connectivity index (χ0n) is 26.6. The van der Waals surface area contributed by atoms with Gasteiger partial charge in [-0.15, -0.1) is 10.2 Å². The first-order chi connectivity index (χ1) is 24.9. The van der Waals surface area contributed by atoms with E-state index in [1.165, 1.54) is 17.8 Å². The van der Waals surface area contributed by atoms with Crippen LogP contribution in [0, 0.1) is 0 Å². The average Bonchev–Trinajstić information content (AvgIpc) is 3.07. The molecule has 0 amide bonds. The van der Waals surface area contributed by atoms with E-state index in [1.807, 2.05) is 30.3 Å². The minimum atomic E-state index is -5.10. The van der Waals surface area contributed by atoms with Crippen LogP contribution in [0.1, 0.15) is 0 Å². The lowest BCUT2D eigenvalue weighted by Gasteiger charge is -2.23. The van der Waals surface area contributed by atoms with Crippen LogP contribution >= 0.6 is 23.4 Å². The van der Waals surface area contributed by atoms with Gasteiger partial charge in [0, 0.05) is 35.5 Å². The number of para-hydroxylation sites is 1. The Kier molecular flexibility index (Phi) is 11.7. The van der Waals surface area contributed by atoms with Crippen molar-refractivity contribution >= 4 is 105 Å². The molecule has 19 nitrogen and oxygen atoms in total. The molecular formula is C29H27ClN8O11S4. The number of halogens is 1. The molecule has 1 heterocycles. The van der Waals surface area contributed by atoms with Crippen LogP contribution in [0.5, 0.6) is 5.75 Å². The third-order valence-corrected chi connectivity index (χ3v) is 10.8. The number of hydrogen-bond acceptors (Lipinski definition) is 17. The van der Waals surface area contributed by atoms with Gasteiger partial charge in [-0.3, -0.25) is 13.7 Å². The number of fused-ring (bicyclic) bond motifs is 1. The summed E-state index contributed by atoms with van der Waals surface area (Å²) >= 11 is 7.74. The van der Waals surface area contributed by atoms with E-state index < -0.39 is 73.2 Å². The molecule has 5 aromatic rings. The molecule has 1 aromatic heterocycles. The molecule has 0 unspecified atom stereocenters. The molecular weight excluding hydrogens is 800 g/mol. The number of hydrogen-bond donors (Lipinski definition) is 7. The van der Waals surface area contributed by atoms with Crippen LogP contribution in [-0.4, -0.2) is 88.7 Å². The second-order valence-electron chi connectivity index (χ2n) is 10.7. The molecule has 0 fully saturated rings. The highest BCUT2D eigenvalue weighted by Crippen LogP contribution is 2.44. The Morgan fingerprint density at radius 1 is 0.830 bits per heavy atom. The molecule has 0 aliphatic heterocycles. The molecule has 8 N–H and O–H groups in total. The van der Waals surface area contributed by atoms with E-state index >= 15 is 0 Å². The number of anilines is 5. The number of aliphatic hydroxyl groups excluding tert-OH is 1. The molecule has 0 bridgehead atoms. The lowest BCUT2D eigenvalue weighted by Crippen LogP contribution is -2.23. The van der Waals surface area contributed by atoms with Gasteiger partial charge in [-0.25, -0.2) is 0 Å². The minimum Gasteiger partial charge on any atom is -0.507 e. The third kappa shape index (κ3) is 9.45. The standard InChI is InChI=1S/C29H27ClN8O11S4/c30-27-33-28(35-29(34-27)38(8-10-50-11-9-39)18-4-2-1-3-5-18)32-17-6-7-20(22(14-17)52(44,45)46)36-37-26-24-16(13-23(25(26)31)53(47,48)49)12-19(15-21(24)40)51(41,42)43/h1-7,12-15,39-40H,8-11,31H2,(H,41,42,43)(H,44,45,46)(H,47,48,49)(H,32,33,34,35)/b37-36+. The van der Waals surface area contributed by atoms with Gasteiger partial charge in [0.25, 0.3) is 30.4 Å². The maximum absolute atomic E-state index is 12.5. The van der Waals surface area contributed by atoms with Crippen LogP contribution in [0.25, 0.3) is 10.8 Å². The van der Waals surface area contributed by atoms with E-state index in [9.17, 15) is 44.0 Å². The molecule has 0 atom stereocenters. The summed E-state index contributed by atoms with van der Waals surface area (Å²) in [6.07, 6.45) is 0. The van der Waals surface area contributed by atoms with Gasteiger partial charge in [0.15, 0.2) is 0 Å². The van der Waals surface area contributed by atoms with Crippen molar-refractivity contribution in [2.45, 2.75) is 14.7 Å². The topological polar surface area (TPSA) is 308 Å². The predicted octanol–water partition coefficient (Wildman–Crippen LogP) is 4.73. The zero-order valence-corrected chi connectivity index (χ0v) is 30.7. The third-order valence-electron chi connectivity index (χ3n) is 7.09. The second kappa shape index (κ2) is 15.7. The molecule has 0 aliphatic carbocycles. The van der Waals surface area contributed by atoms with Crippen LogP contribution in [0.2, 0.25) is 5.28 Å². The molecule has 53 heavy (non-hydrogen) atoms. The summed E-state index contributed by atoms with van der Waals surface area (Å²) in [6.45, 7) is 0.414. The van der Waals surface area contributed by atoms with Crippen molar-refractivity contribution in [3.8, 4) is 5.75 Å². The Labute approximate surface area is 310 Å². The van der Waals surface area contributed by atoms with Gasteiger partial charge in [0.1, 0.15) is 26.9 Å². The molecule has 24 heteroatoms. The normalized spacial score (nSPS) is 12.4. The van der Waals surface area contributed by atoms with E-state index in [2.05, 4.69) is 30.5 Å². The predicted molar refractivity (Wildman–Crippen MR) is 196 cm³/mol. The van der Waals surface area contributed by atoms with E-state index in [1.54, 1.807) is 4.90 Å². The number of aromatic hydroxyl groups is 1. The largest absolute Gasteiger partial charge is 0.507 e. The van der Waals surface area contributed by atoms with Crippen LogP contribution in [0.4, 0.5) is 40.3 Å². The fraction of sp³-hybridized carbons (Fsp3) is 0.138. The minimum absolute atomic E-state index is 0.00303. The summed E-state index contributed by atoms with van der Waals surface area (Å²) in [4.78, 5) is 11.8. The summed E-state index contributed by atoms with van der Waals surface area (Å²) < 4.78 is 102. The lowest BCUT2D eigenvalue weighted by molar-refractivity contribution is 0.322. The van der Waals surface area contributed by atoms with Gasteiger partial charge in [0.05, 0.1) is 22.6 Å². The Bertz CT molecular complexity index is 2570. The van der Waals surface area contributed by atoms with Crippen LogP contribution in [0.3, 0.4) is 0 Å². The highest BCUT2D eigenvalue weighted by Gasteiger charge is 2.25. The molecule has 4 aromatic carbocycles. The molecule has 0 saturated carbocycles. The summed E-state index contributed by atoms with van der Waals surface area (Å²) in [7, 11) is -15.1. The second-order valence-corrected chi connectivity index (χ2v) is 16.4. The van der Waals surface area contributed by atoms with Crippen molar-refractivity contribution in [3.63, 3.8) is 0 Å². The Morgan fingerprint density at radius 2 is 1.53 bits per heavy atom. The van der Waals surface area contributed by atoms with Crippen molar-refractivity contribution in [2.75, 3.05) is 40.6 Å². The number of phenols is 1. The van der Waals surface area contributed by atoms with Crippen LogP contribution < -0.4 is 16.0 Å². The van der Waals surface area contributed by atoms with Crippen molar-refractivity contribution in [1.29, 1.82) is 0 Å². The lowest BCUT2D eigenvalue weighted by atomic mass is 10.1. The number of benzene rings is 4. The van der Waals surface area contributed by atoms with Crippen molar-refractivity contribution in [2.24, 2.45) is 10.2 Å². The van der Waals surface area contributed by atoms with E-state index in [-0.39, 0.29) is 34.9 Å². The van der Waals surface area contributed by atoms with Gasteiger partial charge >= 0.3 is 0 Å². The molecule has 0 saturated heterocycles. The van der Waals surface area contributed by atoms with E-state index in [4.69, 9.17) is 22.4 Å². The van der Waals surface area contributed by atoms with Gasteiger partial charge in [-0.2, -0.15) is 52.0 Å². The number of nitrogen functional groups attached to an aromatic ring is 1. The smallest absolute Gasteiger partial charge is 0.296 e. The number of phenolic OH excluding ortho intramolecular Hbond substituents is 1. The van der Waals surface area contributed by atoms with Crippen molar-refractivity contribution < 1.29 is 49.1 Å². The fourth-order valence-corrected chi connectivity index (χ4v) is 7.47. The summed E-state index contributed by atoms with van der Waals surface area (Å²) in [5.74, 6) is 0.244. The Balaban J connectivity index is 1.56. The maximum atomic E-state index is 12.5. The zero-order chi connectivity index (χ0) is 38.7. The number of azo groups is 1. The summed E-state index contributed by atoms with van der Waals surface area (Å²) in [6, 6.07) is 14.5. The highest BCUT2D eigenvalue weighted by atomic mass is 35.5. The SMILES string of the molecule is Nc1c(S(=O)(=O)O)cc2cc(S(=O)(=O)O)cc(O)c2c1/N=N/c1ccc(Nc2nc(Cl)nc(N(CCSCCO)c3ccccc3)n2)cc1S(=O)(=O)O. The van der Waals surface area contributed by atoms with Gasteiger partial charge in [-0.1, -0.05) is 18.2 Å². The number of thioether (sulfide) groups is 1. The summed E-state index contributed by atoms with van der Waals surface area (Å²) in [5, 5.41) is 29.2. The Hall–Kier alpha value is -4.72. The van der Waals surface area contributed by atoms with Crippen LogP contribution in [0.15, 0.2) is 91.6 Å². The number of aromatic nitrogens is 3. The number of nitrogens with two attached hydrogens (primary N) is 1. The molecule has 5 rings (SSSR count). The first-order valence-corrected chi connectivity index (χ1v) is 20.5. The van der Waals surface area contributed by atoms with Crippen LogP contribution in [-0.2, 0) is 30.4 Å². The number of aliphatic hydroxyl groups is 1. The molecule has 0 spiro atoms. The van der Waals surface area contributed by atoms with Gasteiger partial charge < -0.3 is 26.2 Å². The quantitative estimate of drug-likeness (QED) is 0.0344. The molecule has 280 valence electrons. The average molecular weight is 827 g/mol.